The van der Waals surface area contributed by atoms with E-state index in [0.717, 1.165) is 0 Å². The van der Waals surface area contributed by atoms with E-state index in [1.54, 1.807) is 13.8 Å². The van der Waals surface area contributed by atoms with Gasteiger partial charge in [0.15, 0.2) is 0 Å². The summed E-state index contributed by atoms with van der Waals surface area (Å²) >= 11 is 0. The van der Waals surface area contributed by atoms with Gasteiger partial charge in [0.1, 0.15) is 5.78 Å². The van der Waals surface area contributed by atoms with Crippen LogP contribution in [0.5, 0.6) is 0 Å². The largest absolute Gasteiger partial charge is 1.00 e. The molecule has 4 nitrogen and oxygen atoms in total. The van der Waals surface area contributed by atoms with Crippen molar-refractivity contribution in [2.75, 3.05) is 0 Å². The van der Waals surface area contributed by atoms with Gasteiger partial charge in [0, 0.05) is 0 Å². The minimum Gasteiger partial charge on any atom is -0.543 e. The molecule has 0 rings (SSSR count). The summed E-state index contributed by atoms with van der Waals surface area (Å²) in [5, 5.41) is 0. The predicted octanol–water partition coefficient (Wildman–Crippen LogP) is -2.70. The summed E-state index contributed by atoms with van der Waals surface area (Å²) in [6.45, 7) is 4.44. The van der Waals surface area contributed by atoms with Crippen molar-refractivity contribution in [1.29, 1.82) is 0 Å². The molecule has 0 spiro atoms. The van der Waals surface area contributed by atoms with Crippen molar-refractivity contribution in [3.8, 4) is 0 Å². The third-order valence-electron chi connectivity index (χ3n) is 0.878. The second kappa shape index (κ2) is 7.12. The van der Waals surface area contributed by atoms with Crippen LogP contribution in [0.2, 0.25) is 0 Å². The molecule has 0 aromatic heterocycles. The SMILES string of the molecule is CC(=O)[CH-]C(=O)C(=O)OC(C)C.[Na+]. The monoisotopic (exact) mass is 194 g/mol. The molecule has 0 unspecified atom stereocenters. The Kier molecular flexibility index (Phi) is 8.30. The van der Waals surface area contributed by atoms with Crippen LogP contribution in [-0.4, -0.2) is 23.6 Å². The number of hydrogen-bond acceptors (Lipinski definition) is 4. The molecule has 0 aliphatic rings. The van der Waals surface area contributed by atoms with E-state index in [9.17, 15) is 14.4 Å². The van der Waals surface area contributed by atoms with Crippen LogP contribution in [0.25, 0.3) is 0 Å². The third-order valence-corrected chi connectivity index (χ3v) is 0.878. The Morgan fingerprint density at radius 2 is 1.69 bits per heavy atom. The summed E-state index contributed by atoms with van der Waals surface area (Å²) < 4.78 is 4.54. The molecule has 0 atom stereocenters. The first-order chi connectivity index (χ1) is 5.43. The van der Waals surface area contributed by atoms with E-state index in [0.29, 0.717) is 6.42 Å². The molecule has 0 bridgehead atoms. The third kappa shape index (κ3) is 8.02. The summed E-state index contributed by atoms with van der Waals surface area (Å²) in [4.78, 5) is 31.8. The summed E-state index contributed by atoms with van der Waals surface area (Å²) in [6, 6.07) is 0. The maximum atomic E-state index is 10.7. The number of rotatable bonds is 4. The van der Waals surface area contributed by atoms with Crippen molar-refractivity contribution in [3.05, 3.63) is 6.42 Å². The van der Waals surface area contributed by atoms with Crippen LogP contribution < -0.4 is 29.6 Å². The topological polar surface area (TPSA) is 60.4 Å². The van der Waals surface area contributed by atoms with Crippen molar-refractivity contribution in [2.45, 2.75) is 26.9 Å². The van der Waals surface area contributed by atoms with Crippen LogP contribution >= 0.6 is 0 Å². The average Bonchev–Trinajstić information content (AvgIpc) is 1.84. The minimum absolute atomic E-state index is 0. The molecular weight excluding hydrogens is 183 g/mol. The molecule has 0 fully saturated rings. The van der Waals surface area contributed by atoms with Crippen LogP contribution in [0.4, 0.5) is 0 Å². The smallest absolute Gasteiger partial charge is 0.543 e. The van der Waals surface area contributed by atoms with Crippen molar-refractivity contribution in [2.24, 2.45) is 0 Å². The zero-order valence-corrected chi connectivity index (χ0v) is 10.3. The summed E-state index contributed by atoms with van der Waals surface area (Å²) in [6.07, 6.45) is 0.367. The molecule has 0 aromatic rings. The summed E-state index contributed by atoms with van der Waals surface area (Å²) in [7, 11) is 0. The Labute approximate surface area is 99.3 Å². The molecule has 0 N–H and O–H groups in total. The van der Waals surface area contributed by atoms with Crippen LogP contribution in [0.3, 0.4) is 0 Å². The number of ether oxygens (including phenoxy) is 1. The Bertz CT molecular complexity index is 210. The van der Waals surface area contributed by atoms with Crippen LogP contribution in [0.1, 0.15) is 20.8 Å². The first-order valence-corrected chi connectivity index (χ1v) is 3.53. The van der Waals surface area contributed by atoms with E-state index in [-0.39, 0.29) is 35.7 Å². The van der Waals surface area contributed by atoms with Gasteiger partial charge in [0.2, 0.25) is 5.97 Å². The minimum atomic E-state index is -0.986. The van der Waals surface area contributed by atoms with E-state index in [2.05, 4.69) is 4.74 Å². The molecule has 0 amide bonds. The molecule has 5 heteroatoms. The van der Waals surface area contributed by atoms with Crippen molar-refractivity contribution >= 4 is 17.5 Å². The van der Waals surface area contributed by atoms with E-state index in [1.807, 2.05) is 0 Å². The Morgan fingerprint density at radius 1 is 1.23 bits per heavy atom. The van der Waals surface area contributed by atoms with Gasteiger partial charge in [-0.25, -0.2) is 0 Å². The first kappa shape index (κ1) is 15.2. The zero-order chi connectivity index (χ0) is 9.72. The Hall–Kier alpha value is -0.320. The zero-order valence-electron chi connectivity index (χ0n) is 8.29. The van der Waals surface area contributed by atoms with Crippen molar-refractivity contribution in [3.63, 3.8) is 0 Å². The van der Waals surface area contributed by atoms with Gasteiger partial charge in [-0.3, -0.25) is 0 Å². The molecule has 0 aliphatic heterocycles. The molecule has 0 heterocycles. The summed E-state index contributed by atoms with van der Waals surface area (Å²) in [5.41, 5.74) is 0. The van der Waals surface area contributed by atoms with Gasteiger partial charge in [0.05, 0.1) is 11.9 Å². The second-order valence-corrected chi connectivity index (χ2v) is 2.57. The van der Waals surface area contributed by atoms with E-state index in [4.69, 9.17) is 0 Å². The molecule has 0 saturated carbocycles. The van der Waals surface area contributed by atoms with Crippen LogP contribution in [-0.2, 0) is 19.1 Å². The average molecular weight is 194 g/mol. The Morgan fingerprint density at radius 3 is 2.00 bits per heavy atom. The second-order valence-electron chi connectivity index (χ2n) is 2.57. The number of ketones is 2. The van der Waals surface area contributed by atoms with Gasteiger partial charge in [-0.05, 0) is 20.8 Å². The van der Waals surface area contributed by atoms with Gasteiger partial charge in [-0.2, -0.15) is 0 Å². The first-order valence-electron chi connectivity index (χ1n) is 3.53. The van der Waals surface area contributed by atoms with E-state index < -0.39 is 17.5 Å². The van der Waals surface area contributed by atoms with E-state index >= 15 is 0 Å². The molecule has 0 aromatic carbocycles. The number of esters is 1. The maximum absolute atomic E-state index is 10.7. The molecular formula is C8H11NaO4. The quantitative estimate of drug-likeness (QED) is 0.161. The van der Waals surface area contributed by atoms with E-state index in [1.165, 1.54) is 6.92 Å². The number of hydrogen-bond donors (Lipinski definition) is 0. The van der Waals surface area contributed by atoms with Gasteiger partial charge >= 0.3 is 29.6 Å². The number of carbonyl (C=O) groups excluding carboxylic acids is 3. The van der Waals surface area contributed by atoms with Crippen molar-refractivity contribution < 1.29 is 48.7 Å². The summed E-state index contributed by atoms with van der Waals surface area (Å²) in [5.74, 6) is -2.35. The van der Waals surface area contributed by atoms with Gasteiger partial charge in [-0.15, -0.1) is 6.42 Å². The van der Waals surface area contributed by atoms with Gasteiger partial charge in [-0.1, -0.05) is 0 Å². The number of carbonyl (C=O) groups is 3. The molecule has 0 radical (unpaired) electrons. The van der Waals surface area contributed by atoms with Gasteiger partial charge < -0.3 is 19.1 Å². The Balaban J connectivity index is 0. The fourth-order valence-corrected chi connectivity index (χ4v) is 0.516. The molecule has 13 heavy (non-hydrogen) atoms. The molecule has 0 saturated heterocycles. The van der Waals surface area contributed by atoms with Gasteiger partial charge in [0.25, 0.3) is 0 Å². The molecule has 68 valence electrons. The fourth-order valence-electron chi connectivity index (χ4n) is 0.516. The maximum Gasteiger partial charge on any atom is 1.00 e. The molecule has 0 aliphatic carbocycles. The van der Waals surface area contributed by atoms with Crippen LogP contribution in [0, 0.1) is 6.42 Å². The van der Waals surface area contributed by atoms with Crippen molar-refractivity contribution in [1.82, 2.24) is 0 Å². The normalized spacial score (nSPS) is 8.62. The fraction of sp³-hybridized carbons (Fsp3) is 0.500. The predicted molar refractivity (Wildman–Crippen MR) is 41.2 cm³/mol. The van der Waals surface area contributed by atoms with Crippen LogP contribution in [0.15, 0.2) is 0 Å². The number of Topliss-reactive ketones (excluding diaryl/α,β-unsaturated/α-hetero) is 2. The standard InChI is InChI=1S/C8H11O4.Na/c1-5(2)12-8(11)7(10)4-6(3)9;/h4-5H,1-3H3;/q-1;+1.